The largest absolute Gasteiger partial charge is 0.611 e. The number of hydrogen-bond donors (Lipinski definition) is 3. The molecule has 0 fully saturated rings. The lowest BCUT2D eigenvalue weighted by Crippen LogP contribution is -2.48. The van der Waals surface area contributed by atoms with E-state index >= 15 is 0 Å². The summed E-state index contributed by atoms with van der Waals surface area (Å²) in [6, 6.07) is 20.5. The average Bonchev–Trinajstić information content (AvgIpc) is 3.04. The highest BCUT2D eigenvalue weighted by molar-refractivity contribution is 7.91. The summed E-state index contributed by atoms with van der Waals surface area (Å²) in [7, 11) is 0. The highest BCUT2D eigenvalue weighted by Gasteiger charge is 2.29. The molecule has 0 saturated carbocycles. The van der Waals surface area contributed by atoms with E-state index in [1.807, 2.05) is 54.6 Å². The molecule has 8 nitrogen and oxygen atoms in total. The van der Waals surface area contributed by atoms with Crippen LogP contribution >= 0.6 is 0 Å². The average molecular weight is 535 g/mol. The van der Waals surface area contributed by atoms with Crippen molar-refractivity contribution in [3.05, 3.63) is 72.3 Å². The van der Waals surface area contributed by atoms with Gasteiger partial charge < -0.3 is 25.8 Å². The van der Waals surface area contributed by atoms with Gasteiger partial charge in [-0.15, -0.1) is 0 Å². The van der Waals surface area contributed by atoms with Crippen LogP contribution in [0, 0.1) is 0 Å². The highest BCUT2D eigenvalue weighted by Crippen LogP contribution is 2.30. The van der Waals surface area contributed by atoms with Gasteiger partial charge >= 0.3 is 0 Å². The van der Waals surface area contributed by atoms with Gasteiger partial charge in [0.25, 0.3) is 0 Å². The molecule has 1 aliphatic heterocycles. The van der Waals surface area contributed by atoms with E-state index in [-0.39, 0.29) is 30.6 Å². The first kappa shape index (κ1) is 27.6. The Labute approximate surface area is 226 Å². The van der Waals surface area contributed by atoms with Crippen LogP contribution in [0.4, 0.5) is 5.69 Å². The summed E-state index contributed by atoms with van der Waals surface area (Å²) in [4.78, 5) is 40.8. The van der Waals surface area contributed by atoms with Gasteiger partial charge in [0.15, 0.2) is 4.90 Å². The predicted octanol–water partition coefficient (Wildman–Crippen LogP) is 2.66. The third-order valence-electron chi connectivity index (χ3n) is 6.57. The molecule has 3 amide bonds. The Morgan fingerprint density at radius 1 is 1.03 bits per heavy atom. The van der Waals surface area contributed by atoms with E-state index in [1.54, 1.807) is 17.0 Å². The number of anilines is 1. The normalized spacial score (nSPS) is 16.0. The van der Waals surface area contributed by atoms with Crippen LogP contribution in [0.25, 0.3) is 10.8 Å². The number of carbonyl (C=O) groups excluding carboxylic acids is 3. The lowest BCUT2D eigenvalue weighted by molar-refractivity contribution is -0.129. The van der Waals surface area contributed by atoms with Crippen molar-refractivity contribution >= 4 is 45.4 Å². The second-order valence-electron chi connectivity index (χ2n) is 9.36. The molecule has 3 aromatic rings. The minimum absolute atomic E-state index is 0.0998. The molecule has 0 aromatic heterocycles. The van der Waals surface area contributed by atoms with E-state index in [4.69, 9.17) is 5.73 Å². The van der Waals surface area contributed by atoms with Crippen molar-refractivity contribution in [2.75, 3.05) is 30.3 Å². The second kappa shape index (κ2) is 13.4. The van der Waals surface area contributed by atoms with Crippen LogP contribution in [0.1, 0.15) is 31.2 Å². The van der Waals surface area contributed by atoms with Gasteiger partial charge in [-0.05, 0) is 59.0 Å². The van der Waals surface area contributed by atoms with Crippen molar-refractivity contribution in [2.45, 2.75) is 43.0 Å². The summed E-state index contributed by atoms with van der Waals surface area (Å²) in [6.07, 6.45) is 1.77. The first-order valence-electron chi connectivity index (χ1n) is 13.0. The van der Waals surface area contributed by atoms with Crippen molar-refractivity contribution in [1.29, 1.82) is 0 Å². The van der Waals surface area contributed by atoms with Gasteiger partial charge in [-0.1, -0.05) is 54.6 Å². The molecule has 1 aliphatic rings. The third kappa shape index (κ3) is 7.12. The van der Waals surface area contributed by atoms with Gasteiger partial charge in [-0.2, -0.15) is 0 Å². The number of amides is 3. The minimum Gasteiger partial charge on any atom is -0.611 e. The van der Waals surface area contributed by atoms with Crippen LogP contribution in [0.2, 0.25) is 0 Å². The summed E-state index contributed by atoms with van der Waals surface area (Å²) in [6.45, 7) is 1.24. The van der Waals surface area contributed by atoms with Gasteiger partial charge in [-0.3, -0.25) is 14.4 Å². The number of nitrogens with one attached hydrogen (secondary N) is 2. The van der Waals surface area contributed by atoms with Crippen molar-refractivity contribution in [3.63, 3.8) is 0 Å². The summed E-state index contributed by atoms with van der Waals surface area (Å²) >= 11 is -1.23. The molecule has 4 rings (SSSR count). The van der Waals surface area contributed by atoms with Crippen LogP contribution in [0.5, 0.6) is 0 Å². The van der Waals surface area contributed by atoms with Gasteiger partial charge in [0.2, 0.25) is 17.7 Å². The predicted molar refractivity (Wildman–Crippen MR) is 150 cm³/mol. The number of fused-ring (bicyclic) bond motifs is 2. The standard InChI is InChI=1S/C29H34N4O4S/c30-15-6-16-31-29(36)24(20-21-12-13-22-7-1-2-8-23(22)19-21)32-27(34)11-5-17-33-25-9-3-4-10-26(25)38(37)18-14-28(33)35/h1-4,7-10,12-13,19,24H,5-6,11,14-18,20,30H2,(H,31,36)(H,32,34). The molecule has 2 unspecified atom stereocenters. The smallest absolute Gasteiger partial charge is 0.242 e. The fraction of sp³-hybridized carbons (Fsp3) is 0.345. The zero-order valence-corrected chi connectivity index (χ0v) is 22.2. The van der Waals surface area contributed by atoms with Crippen molar-refractivity contribution in [2.24, 2.45) is 5.73 Å². The Balaban J connectivity index is 1.39. The molecule has 0 bridgehead atoms. The molecule has 200 valence electrons. The molecule has 3 aromatic carbocycles. The van der Waals surface area contributed by atoms with E-state index in [2.05, 4.69) is 10.6 Å². The topological polar surface area (TPSA) is 128 Å². The Morgan fingerprint density at radius 2 is 1.79 bits per heavy atom. The number of nitrogens with zero attached hydrogens (tertiary/aromatic N) is 1. The van der Waals surface area contributed by atoms with Gasteiger partial charge in [0.1, 0.15) is 11.8 Å². The summed E-state index contributed by atoms with van der Waals surface area (Å²) < 4.78 is 12.5. The van der Waals surface area contributed by atoms with Gasteiger partial charge in [0.05, 0.1) is 12.1 Å². The highest BCUT2D eigenvalue weighted by atomic mass is 32.2. The Bertz CT molecular complexity index is 1280. The van der Waals surface area contributed by atoms with Gasteiger partial charge in [-0.25, -0.2) is 0 Å². The zero-order valence-electron chi connectivity index (χ0n) is 21.4. The fourth-order valence-electron chi connectivity index (χ4n) is 4.59. The Morgan fingerprint density at radius 3 is 2.61 bits per heavy atom. The quantitative estimate of drug-likeness (QED) is 0.257. The summed E-state index contributed by atoms with van der Waals surface area (Å²) in [5.41, 5.74) is 7.14. The molecule has 2 atom stereocenters. The van der Waals surface area contributed by atoms with E-state index in [0.717, 1.165) is 16.3 Å². The Hall–Kier alpha value is -3.40. The molecule has 0 radical (unpaired) electrons. The van der Waals surface area contributed by atoms with Crippen molar-refractivity contribution in [1.82, 2.24) is 10.6 Å². The summed E-state index contributed by atoms with van der Waals surface area (Å²) in [5, 5.41) is 7.94. The van der Waals surface area contributed by atoms with Gasteiger partial charge in [0, 0.05) is 25.9 Å². The zero-order chi connectivity index (χ0) is 26.9. The lowest BCUT2D eigenvalue weighted by Gasteiger charge is -2.22. The van der Waals surface area contributed by atoms with Crippen molar-refractivity contribution in [3.8, 4) is 0 Å². The van der Waals surface area contributed by atoms with Crippen LogP contribution in [-0.2, 0) is 32.0 Å². The molecule has 38 heavy (non-hydrogen) atoms. The number of benzene rings is 3. The molecular weight excluding hydrogens is 500 g/mol. The molecule has 0 aliphatic carbocycles. The number of nitrogens with two attached hydrogens (primary N) is 1. The Kier molecular flexibility index (Phi) is 9.75. The number of carbonyl (C=O) groups is 3. The minimum atomic E-state index is -1.23. The lowest BCUT2D eigenvalue weighted by atomic mass is 10.0. The molecule has 0 saturated heterocycles. The van der Waals surface area contributed by atoms with Crippen LogP contribution in [-0.4, -0.2) is 53.7 Å². The van der Waals surface area contributed by atoms with E-state index in [0.29, 0.717) is 55.2 Å². The third-order valence-corrected chi connectivity index (χ3v) is 7.99. The molecule has 1 heterocycles. The SMILES string of the molecule is NCCCNC(=O)C(Cc1ccc2ccccc2c1)NC(=O)CCCN1C(=O)CC[S+]([O-])c2ccccc21. The maximum absolute atomic E-state index is 12.9. The first-order valence-corrected chi connectivity index (χ1v) is 14.3. The van der Waals surface area contributed by atoms with Crippen LogP contribution < -0.4 is 21.3 Å². The van der Waals surface area contributed by atoms with E-state index < -0.39 is 17.2 Å². The number of para-hydroxylation sites is 1. The maximum atomic E-state index is 12.9. The second-order valence-corrected chi connectivity index (χ2v) is 10.9. The fourth-order valence-corrected chi connectivity index (χ4v) is 5.81. The molecule has 0 spiro atoms. The van der Waals surface area contributed by atoms with E-state index in [1.165, 1.54) is 0 Å². The molecular formula is C29H34N4O4S. The van der Waals surface area contributed by atoms with E-state index in [9.17, 15) is 18.9 Å². The maximum Gasteiger partial charge on any atom is 0.242 e. The molecule has 4 N–H and O–H groups in total. The number of hydrogen-bond acceptors (Lipinski definition) is 5. The first-order chi connectivity index (χ1) is 18.5. The van der Waals surface area contributed by atoms with Crippen LogP contribution in [0.15, 0.2) is 71.6 Å². The molecule has 9 heteroatoms. The van der Waals surface area contributed by atoms with Crippen molar-refractivity contribution < 1.29 is 18.9 Å². The van der Waals surface area contributed by atoms with Crippen LogP contribution in [0.3, 0.4) is 0 Å². The summed E-state index contributed by atoms with van der Waals surface area (Å²) in [5.74, 6) is -0.317. The number of rotatable bonds is 11. The monoisotopic (exact) mass is 534 g/mol.